The minimum absolute atomic E-state index is 0.0652. The molecule has 0 atom stereocenters. The van der Waals surface area contributed by atoms with Crippen molar-refractivity contribution >= 4 is 16.7 Å². The lowest BCUT2D eigenvalue weighted by molar-refractivity contribution is -0.383. The van der Waals surface area contributed by atoms with Gasteiger partial charge in [-0.3, -0.25) is 10.1 Å². The van der Waals surface area contributed by atoms with E-state index in [0.29, 0.717) is 16.6 Å². The molecule has 0 aromatic carbocycles. The summed E-state index contributed by atoms with van der Waals surface area (Å²) in [7, 11) is 0. The molecule has 2 aromatic heterocycles. The summed E-state index contributed by atoms with van der Waals surface area (Å²) in [6.07, 6.45) is 2.63. The van der Waals surface area contributed by atoms with Gasteiger partial charge in [0.25, 0.3) is 5.69 Å². The summed E-state index contributed by atoms with van der Waals surface area (Å²) in [5.41, 5.74) is 0.653. The van der Waals surface area contributed by atoms with E-state index in [0.717, 1.165) is 0 Å². The number of fused-ring (bicyclic) bond motifs is 1. The number of nitrogens with zero attached hydrogens (tertiary/aromatic N) is 3. The predicted octanol–water partition coefficient (Wildman–Crippen LogP) is 1.34. The van der Waals surface area contributed by atoms with Crippen molar-refractivity contribution < 1.29 is 4.92 Å². The van der Waals surface area contributed by atoms with Crippen molar-refractivity contribution in [2.24, 2.45) is 0 Å². The Hall–Kier alpha value is -2.42. The number of nitro groups is 1. The summed E-state index contributed by atoms with van der Waals surface area (Å²) in [6.45, 7) is 0. The summed E-state index contributed by atoms with van der Waals surface area (Å²) in [4.78, 5) is 16.6. The Bertz CT molecular complexity index is 552. The molecular weight excluding hydrogens is 184 g/mol. The average molecular weight is 188 g/mol. The van der Waals surface area contributed by atoms with Crippen LogP contribution in [0.15, 0.2) is 18.5 Å². The molecule has 0 aliphatic carbocycles. The highest BCUT2D eigenvalue weighted by Crippen LogP contribution is 2.23. The molecule has 0 amide bonds. The number of rotatable bonds is 1. The number of nitriles is 1. The zero-order valence-electron chi connectivity index (χ0n) is 6.89. The van der Waals surface area contributed by atoms with Crippen LogP contribution >= 0.6 is 0 Å². The molecule has 0 unspecified atom stereocenters. The lowest BCUT2D eigenvalue weighted by Crippen LogP contribution is -1.86. The van der Waals surface area contributed by atoms with Gasteiger partial charge in [0, 0.05) is 6.20 Å². The van der Waals surface area contributed by atoms with Crippen LogP contribution in [-0.4, -0.2) is 14.9 Å². The lowest BCUT2D eigenvalue weighted by Gasteiger charge is -1.89. The van der Waals surface area contributed by atoms with Gasteiger partial charge in [0.1, 0.15) is 11.7 Å². The number of nitrogens with one attached hydrogen (secondary N) is 1. The second-order valence-corrected chi connectivity index (χ2v) is 2.66. The third kappa shape index (κ3) is 1.08. The Labute approximate surface area is 78.0 Å². The number of H-pyrrole nitrogens is 1. The maximum absolute atomic E-state index is 10.6. The summed E-state index contributed by atoms with van der Waals surface area (Å²) in [5.74, 6) is 0. The van der Waals surface area contributed by atoms with Crippen LogP contribution in [0, 0.1) is 21.4 Å². The maximum Gasteiger partial charge on any atom is 0.296 e. The Kier molecular flexibility index (Phi) is 1.65. The SMILES string of the molecule is N#Cc1cnc2[nH]cc([N+](=O)[O-])c2c1. The van der Waals surface area contributed by atoms with Gasteiger partial charge in [-0.2, -0.15) is 5.26 Å². The molecule has 14 heavy (non-hydrogen) atoms. The zero-order chi connectivity index (χ0) is 10.1. The second kappa shape index (κ2) is 2.81. The molecule has 2 heterocycles. The molecule has 0 aliphatic heterocycles. The van der Waals surface area contributed by atoms with Crippen molar-refractivity contribution in [3.05, 3.63) is 34.1 Å². The van der Waals surface area contributed by atoms with Gasteiger partial charge in [-0.1, -0.05) is 0 Å². The van der Waals surface area contributed by atoms with E-state index in [2.05, 4.69) is 9.97 Å². The molecular formula is C8H4N4O2. The van der Waals surface area contributed by atoms with E-state index in [4.69, 9.17) is 5.26 Å². The standard InChI is InChI=1S/C8H4N4O2/c9-2-5-1-6-7(12(13)14)4-11-8(6)10-3-5/h1,3-4H,(H,10,11). The van der Waals surface area contributed by atoms with Crippen molar-refractivity contribution in [3.8, 4) is 6.07 Å². The van der Waals surface area contributed by atoms with Crippen molar-refractivity contribution in [1.82, 2.24) is 9.97 Å². The molecule has 0 radical (unpaired) electrons. The minimum Gasteiger partial charge on any atom is -0.340 e. The van der Waals surface area contributed by atoms with Gasteiger partial charge in [0.05, 0.1) is 22.1 Å². The van der Waals surface area contributed by atoms with Crippen molar-refractivity contribution in [3.63, 3.8) is 0 Å². The molecule has 0 spiro atoms. The zero-order valence-corrected chi connectivity index (χ0v) is 6.89. The molecule has 68 valence electrons. The Morgan fingerprint density at radius 2 is 2.43 bits per heavy atom. The first kappa shape index (κ1) is 8.19. The Morgan fingerprint density at radius 1 is 1.64 bits per heavy atom. The monoisotopic (exact) mass is 188 g/mol. The Morgan fingerprint density at radius 3 is 3.07 bits per heavy atom. The van der Waals surface area contributed by atoms with Gasteiger partial charge in [0.2, 0.25) is 0 Å². The maximum atomic E-state index is 10.6. The van der Waals surface area contributed by atoms with Crippen molar-refractivity contribution in [1.29, 1.82) is 5.26 Å². The van der Waals surface area contributed by atoms with E-state index in [1.54, 1.807) is 0 Å². The fraction of sp³-hybridized carbons (Fsp3) is 0. The van der Waals surface area contributed by atoms with E-state index in [1.807, 2.05) is 6.07 Å². The van der Waals surface area contributed by atoms with Crippen molar-refractivity contribution in [2.45, 2.75) is 0 Å². The quantitative estimate of drug-likeness (QED) is 0.539. The number of aromatic amines is 1. The molecule has 6 heteroatoms. The second-order valence-electron chi connectivity index (χ2n) is 2.66. The first-order chi connectivity index (χ1) is 6.72. The van der Waals surface area contributed by atoms with Crippen molar-refractivity contribution in [2.75, 3.05) is 0 Å². The highest BCUT2D eigenvalue weighted by molar-refractivity contribution is 5.86. The summed E-state index contributed by atoms with van der Waals surface area (Å²) >= 11 is 0. The largest absolute Gasteiger partial charge is 0.340 e. The molecule has 1 N–H and O–H groups in total. The van der Waals surface area contributed by atoms with Gasteiger partial charge in [0.15, 0.2) is 0 Å². The predicted molar refractivity (Wildman–Crippen MR) is 47.5 cm³/mol. The van der Waals surface area contributed by atoms with E-state index in [9.17, 15) is 10.1 Å². The van der Waals surface area contributed by atoms with E-state index >= 15 is 0 Å². The van der Waals surface area contributed by atoms with Gasteiger partial charge in [-0.05, 0) is 6.07 Å². The number of hydrogen-bond donors (Lipinski definition) is 1. The average Bonchev–Trinajstić information content (AvgIpc) is 2.59. The van der Waals surface area contributed by atoms with Gasteiger partial charge in [-0.25, -0.2) is 4.98 Å². The normalized spacial score (nSPS) is 9.93. The highest BCUT2D eigenvalue weighted by atomic mass is 16.6. The van der Waals surface area contributed by atoms with Crippen LogP contribution in [0.2, 0.25) is 0 Å². The van der Waals surface area contributed by atoms with Gasteiger partial charge >= 0.3 is 0 Å². The topological polar surface area (TPSA) is 95.6 Å². The van der Waals surface area contributed by atoms with E-state index in [1.165, 1.54) is 18.5 Å². The summed E-state index contributed by atoms with van der Waals surface area (Å²) < 4.78 is 0. The molecule has 2 aromatic rings. The van der Waals surface area contributed by atoms with Crippen LogP contribution in [0.25, 0.3) is 11.0 Å². The van der Waals surface area contributed by atoms with Crippen LogP contribution in [0.1, 0.15) is 5.56 Å². The fourth-order valence-electron chi connectivity index (χ4n) is 1.20. The van der Waals surface area contributed by atoms with Gasteiger partial charge in [-0.15, -0.1) is 0 Å². The molecule has 0 fully saturated rings. The first-order valence-corrected chi connectivity index (χ1v) is 3.74. The first-order valence-electron chi connectivity index (χ1n) is 3.74. The Balaban J connectivity index is 2.77. The minimum atomic E-state index is -0.512. The molecule has 2 rings (SSSR count). The number of pyridine rings is 1. The third-order valence-electron chi connectivity index (χ3n) is 1.84. The van der Waals surface area contributed by atoms with Crippen LogP contribution in [0.4, 0.5) is 5.69 Å². The fourth-order valence-corrected chi connectivity index (χ4v) is 1.20. The molecule has 0 saturated heterocycles. The summed E-state index contributed by atoms with van der Waals surface area (Å²) in [5, 5.41) is 19.5. The summed E-state index contributed by atoms with van der Waals surface area (Å²) in [6, 6.07) is 3.32. The van der Waals surface area contributed by atoms with Crippen LogP contribution in [0.5, 0.6) is 0 Å². The van der Waals surface area contributed by atoms with Crippen LogP contribution in [0.3, 0.4) is 0 Å². The molecule has 0 aliphatic rings. The lowest BCUT2D eigenvalue weighted by atomic mass is 10.2. The van der Waals surface area contributed by atoms with E-state index < -0.39 is 4.92 Å². The third-order valence-corrected chi connectivity index (χ3v) is 1.84. The molecule has 0 saturated carbocycles. The number of hydrogen-bond acceptors (Lipinski definition) is 4. The number of aromatic nitrogens is 2. The smallest absolute Gasteiger partial charge is 0.296 e. The van der Waals surface area contributed by atoms with E-state index in [-0.39, 0.29) is 5.69 Å². The highest BCUT2D eigenvalue weighted by Gasteiger charge is 2.14. The van der Waals surface area contributed by atoms with Gasteiger partial charge < -0.3 is 4.98 Å². The van der Waals surface area contributed by atoms with Crippen LogP contribution < -0.4 is 0 Å². The van der Waals surface area contributed by atoms with Crippen LogP contribution in [-0.2, 0) is 0 Å². The molecule has 6 nitrogen and oxygen atoms in total. The molecule has 0 bridgehead atoms.